The van der Waals surface area contributed by atoms with Crippen LogP contribution in [0.3, 0.4) is 0 Å². The van der Waals surface area contributed by atoms with E-state index in [2.05, 4.69) is 16.5 Å². The Morgan fingerprint density at radius 2 is 2.13 bits per heavy atom. The quantitative estimate of drug-likeness (QED) is 0.397. The SMILES string of the molecule is C=C[C@H]1CN2CCC1C[C@H]2[C@H](O)c1c2cc(OC)ccc2nc2oc(=O)c(=O)oc12. The van der Waals surface area contributed by atoms with Gasteiger partial charge in [0.1, 0.15) is 5.75 Å². The zero-order valence-corrected chi connectivity index (χ0v) is 16.5. The van der Waals surface area contributed by atoms with Gasteiger partial charge in [-0.15, -0.1) is 6.58 Å². The predicted molar refractivity (Wildman–Crippen MR) is 110 cm³/mol. The number of piperidine rings is 3. The lowest BCUT2D eigenvalue weighted by atomic mass is 9.73. The van der Waals surface area contributed by atoms with Crippen LogP contribution in [-0.2, 0) is 0 Å². The van der Waals surface area contributed by atoms with Crippen molar-refractivity contribution in [1.29, 1.82) is 0 Å². The van der Waals surface area contributed by atoms with Gasteiger partial charge in [0.05, 0.1) is 18.7 Å². The molecule has 0 saturated carbocycles. The Morgan fingerprint density at radius 3 is 2.83 bits per heavy atom. The van der Waals surface area contributed by atoms with Crippen LogP contribution in [0.15, 0.2) is 49.3 Å². The van der Waals surface area contributed by atoms with Gasteiger partial charge in [-0.25, -0.2) is 14.6 Å². The van der Waals surface area contributed by atoms with Crippen molar-refractivity contribution in [2.24, 2.45) is 11.8 Å². The Morgan fingerprint density at radius 1 is 1.33 bits per heavy atom. The first-order chi connectivity index (χ1) is 14.5. The van der Waals surface area contributed by atoms with E-state index in [4.69, 9.17) is 13.6 Å². The summed E-state index contributed by atoms with van der Waals surface area (Å²) in [6.45, 7) is 5.67. The Hall–Kier alpha value is -2.97. The maximum absolute atomic E-state index is 11.9. The summed E-state index contributed by atoms with van der Waals surface area (Å²) in [5, 5.41) is 12.1. The van der Waals surface area contributed by atoms with Crippen LogP contribution in [0, 0.1) is 11.8 Å². The number of rotatable bonds is 4. The van der Waals surface area contributed by atoms with E-state index in [9.17, 15) is 14.7 Å². The summed E-state index contributed by atoms with van der Waals surface area (Å²) in [6.07, 6.45) is 2.90. The molecule has 2 unspecified atom stereocenters. The van der Waals surface area contributed by atoms with Gasteiger partial charge in [-0.05, 0) is 49.4 Å². The number of aliphatic hydroxyl groups is 1. The number of nitrogens with zero attached hydrogens (tertiary/aromatic N) is 2. The standard InChI is InChI=1S/C22H22N2O6/c1-3-11-10-24-7-6-12(11)8-16(24)18(25)17-14-9-13(28-2)4-5-15(14)23-20-19(17)29-21(26)22(27)30-20/h3-5,9,11-12,16,18,25H,1,6-8,10H2,2H3/t11-,12?,16-,18-/m0/s1. The Kier molecular flexibility index (Phi) is 4.48. The van der Waals surface area contributed by atoms with Crippen molar-refractivity contribution in [1.82, 2.24) is 9.88 Å². The lowest BCUT2D eigenvalue weighted by molar-refractivity contribution is -0.0443. The van der Waals surface area contributed by atoms with Crippen LogP contribution in [-0.4, -0.2) is 41.2 Å². The summed E-state index contributed by atoms with van der Waals surface area (Å²) in [4.78, 5) is 30.2. The summed E-state index contributed by atoms with van der Waals surface area (Å²) < 4.78 is 15.7. The van der Waals surface area contributed by atoms with E-state index in [1.807, 2.05) is 6.08 Å². The first-order valence-electron chi connectivity index (χ1n) is 10.0. The third-order valence-corrected chi connectivity index (χ3v) is 6.52. The topological polar surface area (TPSA) is 106 Å². The fraction of sp³-hybridized carbons (Fsp3) is 0.409. The number of benzene rings is 1. The fourth-order valence-electron chi connectivity index (χ4n) is 4.98. The number of hydrogen-bond donors (Lipinski definition) is 1. The van der Waals surface area contributed by atoms with Crippen molar-refractivity contribution in [3.05, 3.63) is 57.3 Å². The molecule has 3 aliphatic heterocycles. The lowest BCUT2D eigenvalue weighted by Crippen LogP contribution is -2.54. The molecule has 3 fully saturated rings. The number of methoxy groups -OCH3 is 1. The van der Waals surface area contributed by atoms with Crippen molar-refractivity contribution in [3.63, 3.8) is 0 Å². The largest absolute Gasteiger partial charge is 0.497 e. The average molecular weight is 410 g/mol. The smallest absolute Gasteiger partial charge is 0.424 e. The van der Waals surface area contributed by atoms with E-state index in [1.165, 1.54) is 0 Å². The van der Waals surface area contributed by atoms with Gasteiger partial charge >= 0.3 is 11.3 Å². The average Bonchev–Trinajstić information content (AvgIpc) is 2.78. The summed E-state index contributed by atoms with van der Waals surface area (Å²) in [5.41, 5.74) is -1.46. The number of hydrogen-bond acceptors (Lipinski definition) is 8. The summed E-state index contributed by atoms with van der Waals surface area (Å²) in [7, 11) is 1.55. The monoisotopic (exact) mass is 410 g/mol. The molecular formula is C22H22N2O6. The van der Waals surface area contributed by atoms with Crippen molar-refractivity contribution >= 4 is 22.2 Å². The zero-order chi connectivity index (χ0) is 21.0. The van der Waals surface area contributed by atoms with Gasteiger partial charge in [-0.1, -0.05) is 6.08 Å². The molecule has 30 heavy (non-hydrogen) atoms. The molecule has 3 aliphatic rings. The van der Waals surface area contributed by atoms with Gasteiger partial charge in [0, 0.05) is 23.5 Å². The highest BCUT2D eigenvalue weighted by Crippen LogP contribution is 2.43. The zero-order valence-electron chi connectivity index (χ0n) is 16.5. The summed E-state index contributed by atoms with van der Waals surface area (Å²) in [6, 6.07) is 5.04. The van der Waals surface area contributed by atoms with Crippen LogP contribution in [0.25, 0.3) is 22.2 Å². The van der Waals surface area contributed by atoms with E-state index in [1.54, 1.807) is 25.3 Å². The molecule has 8 heteroatoms. The molecule has 0 aliphatic carbocycles. The number of aliphatic hydroxyl groups excluding tert-OH is 1. The Labute approximate surface area is 171 Å². The highest BCUT2D eigenvalue weighted by molar-refractivity contribution is 5.94. The second kappa shape index (κ2) is 7.07. The molecule has 0 amide bonds. The van der Waals surface area contributed by atoms with E-state index >= 15 is 0 Å². The molecule has 0 spiro atoms. The van der Waals surface area contributed by atoms with Crippen LogP contribution in [0.4, 0.5) is 0 Å². The van der Waals surface area contributed by atoms with Crippen LogP contribution in [0.2, 0.25) is 0 Å². The molecule has 3 aromatic rings. The van der Waals surface area contributed by atoms with Gasteiger partial charge in [-0.2, -0.15) is 0 Å². The van der Waals surface area contributed by atoms with Gasteiger partial charge in [0.25, 0.3) is 5.71 Å². The van der Waals surface area contributed by atoms with Gasteiger partial charge < -0.3 is 18.7 Å². The molecule has 3 saturated heterocycles. The van der Waals surface area contributed by atoms with Gasteiger partial charge in [0.15, 0.2) is 0 Å². The molecule has 1 N–H and O–H groups in total. The molecule has 0 radical (unpaired) electrons. The van der Waals surface area contributed by atoms with E-state index < -0.39 is 17.4 Å². The first-order valence-corrected chi connectivity index (χ1v) is 10.0. The van der Waals surface area contributed by atoms with E-state index in [-0.39, 0.29) is 17.3 Å². The normalized spacial score (nSPS) is 26.7. The number of fused-ring (bicyclic) bond motifs is 5. The molecule has 5 heterocycles. The van der Waals surface area contributed by atoms with Crippen LogP contribution in [0.5, 0.6) is 5.75 Å². The lowest BCUT2D eigenvalue weighted by Gasteiger charge is -2.50. The van der Waals surface area contributed by atoms with Crippen LogP contribution in [0.1, 0.15) is 24.5 Å². The summed E-state index contributed by atoms with van der Waals surface area (Å²) >= 11 is 0. The molecule has 1 aromatic carbocycles. The molecule has 8 nitrogen and oxygen atoms in total. The highest BCUT2D eigenvalue weighted by Gasteiger charge is 2.43. The Bertz CT molecular complexity index is 1260. The molecule has 2 aromatic heterocycles. The maximum Gasteiger partial charge on any atom is 0.424 e. The van der Waals surface area contributed by atoms with Crippen LogP contribution < -0.4 is 16.0 Å². The molecular weight excluding hydrogens is 388 g/mol. The van der Waals surface area contributed by atoms with Crippen LogP contribution >= 0.6 is 0 Å². The van der Waals surface area contributed by atoms with Gasteiger partial charge in [-0.3, -0.25) is 4.90 Å². The molecule has 156 valence electrons. The van der Waals surface area contributed by atoms with E-state index in [0.29, 0.717) is 34.1 Å². The second-order valence-electron chi connectivity index (χ2n) is 8.01. The fourth-order valence-corrected chi connectivity index (χ4v) is 4.98. The highest BCUT2D eigenvalue weighted by atomic mass is 16.5. The molecule has 5 atom stereocenters. The number of pyridine rings is 1. The maximum atomic E-state index is 11.9. The van der Waals surface area contributed by atoms with E-state index in [0.717, 1.165) is 25.9 Å². The number of aromatic nitrogens is 1. The molecule has 2 bridgehead atoms. The second-order valence-corrected chi connectivity index (χ2v) is 8.01. The van der Waals surface area contributed by atoms with Crippen molar-refractivity contribution < 1.29 is 18.7 Å². The van der Waals surface area contributed by atoms with Crippen molar-refractivity contribution in [2.45, 2.75) is 25.0 Å². The Balaban J connectivity index is 1.73. The first kappa shape index (κ1) is 19.0. The minimum atomic E-state index is -1.13. The minimum Gasteiger partial charge on any atom is -0.497 e. The minimum absolute atomic E-state index is 0.00392. The van der Waals surface area contributed by atoms with Crippen molar-refractivity contribution in [3.8, 4) is 5.75 Å². The van der Waals surface area contributed by atoms with Gasteiger partial charge in [0.2, 0.25) is 5.58 Å². The number of ether oxygens (including phenoxy) is 1. The predicted octanol–water partition coefficient (Wildman–Crippen LogP) is 2.23. The third-order valence-electron chi connectivity index (χ3n) is 6.52. The van der Waals surface area contributed by atoms with Crippen molar-refractivity contribution in [2.75, 3.05) is 20.2 Å². The summed E-state index contributed by atoms with van der Waals surface area (Å²) in [5.74, 6) is 1.43. The third kappa shape index (κ3) is 2.86. The molecule has 6 rings (SSSR count).